The van der Waals surface area contributed by atoms with Gasteiger partial charge in [-0.25, -0.2) is 0 Å². The van der Waals surface area contributed by atoms with Crippen molar-refractivity contribution in [3.63, 3.8) is 0 Å². The number of nitrogens with zero attached hydrogens (tertiary/aromatic N) is 1. The summed E-state index contributed by atoms with van der Waals surface area (Å²) >= 11 is 6.63. The molecule has 0 aliphatic heterocycles. The van der Waals surface area contributed by atoms with Gasteiger partial charge in [-0.1, -0.05) is 34.1 Å². The number of hydrazone groups is 1. The second kappa shape index (κ2) is 6.02. The summed E-state index contributed by atoms with van der Waals surface area (Å²) in [6, 6.07) is 13.2. The number of hydrogen-bond donors (Lipinski definition) is 2. The molecule has 0 aliphatic rings. The average Bonchev–Trinajstić information content (AvgIpc) is 2.36. The zero-order valence-electron chi connectivity index (χ0n) is 9.27. The molecule has 18 heavy (non-hydrogen) atoms. The van der Waals surface area contributed by atoms with Crippen LogP contribution in [0, 0.1) is 0 Å². The molecule has 5 heteroatoms. The van der Waals surface area contributed by atoms with Gasteiger partial charge in [0.1, 0.15) is 5.75 Å². The Hall–Kier alpha value is -1.33. The van der Waals surface area contributed by atoms with Crippen LogP contribution < -0.4 is 5.43 Å². The predicted molar refractivity (Wildman–Crippen MR) is 81.2 cm³/mol. The number of aromatic hydroxyl groups is 1. The van der Waals surface area contributed by atoms with E-state index in [9.17, 15) is 5.11 Å². The van der Waals surface area contributed by atoms with Crippen molar-refractivity contribution >= 4 is 43.8 Å². The highest BCUT2D eigenvalue weighted by Crippen LogP contribution is 2.30. The van der Waals surface area contributed by atoms with Crippen LogP contribution in [0.4, 0.5) is 5.69 Å². The molecule has 2 N–H and O–H groups in total. The van der Waals surface area contributed by atoms with Gasteiger partial charge in [0.2, 0.25) is 0 Å². The SMILES string of the molecule is Oc1c(Br)cc(Br)cc1/C=N\Nc1ccccc1. The van der Waals surface area contributed by atoms with E-state index in [0.717, 1.165) is 10.2 Å². The standard InChI is InChI=1S/C13H10Br2N2O/c14-10-6-9(13(18)12(15)7-10)8-16-17-11-4-2-1-3-5-11/h1-8,17-18H/b16-8-. The van der Waals surface area contributed by atoms with E-state index in [1.807, 2.05) is 30.3 Å². The lowest BCUT2D eigenvalue weighted by molar-refractivity contribution is 0.471. The number of benzene rings is 2. The maximum atomic E-state index is 9.83. The van der Waals surface area contributed by atoms with Gasteiger partial charge in [-0.2, -0.15) is 5.10 Å². The Labute approximate surface area is 122 Å². The Morgan fingerprint density at radius 1 is 1.11 bits per heavy atom. The van der Waals surface area contributed by atoms with E-state index in [1.165, 1.54) is 0 Å². The highest BCUT2D eigenvalue weighted by molar-refractivity contribution is 9.11. The molecule has 0 aliphatic carbocycles. The second-order valence-corrected chi connectivity index (χ2v) is 5.33. The van der Waals surface area contributed by atoms with Crippen LogP contribution in [0.1, 0.15) is 5.56 Å². The van der Waals surface area contributed by atoms with Crippen LogP contribution >= 0.6 is 31.9 Å². The summed E-state index contributed by atoms with van der Waals surface area (Å²) in [5.74, 6) is 0.164. The molecule has 0 saturated heterocycles. The van der Waals surface area contributed by atoms with Crippen LogP contribution in [-0.4, -0.2) is 11.3 Å². The van der Waals surface area contributed by atoms with Crippen molar-refractivity contribution in [3.05, 3.63) is 57.0 Å². The van der Waals surface area contributed by atoms with Crippen LogP contribution in [0.2, 0.25) is 0 Å². The Morgan fingerprint density at radius 3 is 2.56 bits per heavy atom. The fourth-order valence-corrected chi connectivity index (χ4v) is 2.63. The van der Waals surface area contributed by atoms with Crippen LogP contribution in [0.5, 0.6) is 5.75 Å². The third-order valence-electron chi connectivity index (χ3n) is 2.23. The summed E-state index contributed by atoms with van der Waals surface area (Å²) in [6.45, 7) is 0. The molecular formula is C13H10Br2N2O. The van der Waals surface area contributed by atoms with E-state index in [4.69, 9.17) is 0 Å². The molecule has 2 aromatic rings. The summed E-state index contributed by atoms with van der Waals surface area (Å²) < 4.78 is 1.49. The summed E-state index contributed by atoms with van der Waals surface area (Å²) in [4.78, 5) is 0. The minimum atomic E-state index is 0.164. The molecule has 2 rings (SSSR count). The molecule has 92 valence electrons. The molecule has 2 aromatic carbocycles. The quantitative estimate of drug-likeness (QED) is 0.623. The average molecular weight is 370 g/mol. The van der Waals surface area contributed by atoms with Gasteiger partial charge in [-0.15, -0.1) is 0 Å². The van der Waals surface area contributed by atoms with E-state index in [2.05, 4.69) is 42.4 Å². The van der Waals surface area contributed by atoms with Gasteiger partial charge in [0.25, 0.3) is 0 Å². The van der Waals surface area contributed by atoms with E-state index >= 15 is 0 Å². The zero-order chi connectivity index (χ0) is 13.0. The summed E-state index contributed by atoms with van der Waals surface area (Å²) in [5, 5.41) is 13.9. The van der Waals surface area contributed by atoms with Gasteiger partial charge in [0, 0.05) is 10.0 Å². The fourth-order valence-electron chi connectivity index (χ4n) is 1.37. The van der Waals surface area contributed by atoms with Gasteiger partial charge in [-0.3, -0.25) is 5.43 Å². The van der Waals surface area contributed by atoms with Crippen LogP contribution in [0.15, 0.2) is 56.5 Å². The molecule has 0 atom stereocenters. The molecule has 0 aromatic heterocycles. The first-order chi connectivity index (χ1) is 8.66. The molecule has 0 bridgehead atoms. The maximum absolute atomic E-state index is 9.83. The molecule has 0 heterocycles. The minimum Gasteiger partial charge on any atom is -0.506 e. The Kier molecular flexibility index (Phi) is 4.38. The van der Waals surface area contributed by atoms with Crippen molar-refractivity contribution in [1.82, 2.24) is 0 Å². The normalized spacial score (nSPS) is 10.8. The summed E-state index contributed by atoms with van der Waals surface area (Å²) in [7, 11) is 0. The van der Waals surface area contributed by atoms with Crippen molar-refractivity contribution < 1.29 is 5.11 Å². The lowest BCUT2D eigenvalue weighted by atomic mass is 10.2. The second-order valence-electron chi connectivity index (χ2n) is 3.56. The molecule has 3 nitrogen and oxygen atoms in total. The Balaban J connectivity index is 2.15. The van der Waals surface area contributed by atoms with E-state index < -0.39 is 0 Å². The number of para-hydroxylation sites is 1. The van der Waals surface area contributed by atoms with Crippen molar-refractivity contribution in [2.24, 2.45) is 5.10 Å². The molecular weight excluding hydrogens is 360 g/mol. The number of anilines is 1. The monoisotopic (exact) mass is 368 g/mol. The summed E-state index contributed by atoms with van der Waals surface area (Å²) in [5.41, 5.74) is 4.40. The van der Waals surface area contributed by atoms with Gasteiger partial charge >= 0.3 is 0 Å². The smallest absolute Gasteiger partial charge is 0.138 e. The summed E-state index contributed by atoms with van der Waals surface area (Å²) in [6.07, 6.45) is 1.57. The molecule has 0 fully saturated rings. The topological polar surface area (TPSA) is 44.6 Å². The van der Waals surface area contributed by atoms with Crippen molar-refractivity contribution in [2.75, 3.05) is 5.43 Å². The third kappa shape index (κ3) is 3.34. The number of phenols is 1. The van der Waals surface area contributed by atoms with Gasteiger partial charge < -0.3 is 5.11 Å². The molecule has 0 spiro atoms. The lowest BCUT2D eigenvalue weighted by Gasteiger charge is -2.03. The number of halogens is 2. The van der Waals surface area contributed by atoms with E-state index in [-0.39, 0.29) is 5.75 Å². The van der Waals surface area contributed by atoms with E-state index in [1.54, 1.807) is 18.3 Å². The first-order valence-electron chi connectivity index (χ1n) is 5.19. The largest absolute Gasteiger partial charge is 0.506 e. The van der Waals surface area contributed by atoms with Gasteiger partial charge in [0.05, 0.1) is 16.4 Å². The van der Waals surface area contributed by atoms with E-state index in [0.29, 0.717) is 10.0 Å². The minimum absolute atomic E-state index is 0.164. The number of phenolic OH excluding ortho intramolecular Hbond substituents is 1. The Bertz CT molecular complexity index is 571. The maximum Gasteiger partial charge on any atom is 0.138 e. The fraction of sp³-hybridized carbons (Fsp3) is 0. The predicted octanol–water partition coefficient (Wildman–Crippen LogP) is 4.36. The van der Waals surface area contributed by atoms with Crippen LogP contribution in [-0.2, 0) is 0 Å². The first-order valence-corrected chi connectivity index (χ1v) is 6.77. The first kappa shape index (κ1) is 13.1. The molecule has 0 unspecified atom stereocenters. The molecule has 0 amide bonds. The van der Waals surface area contributed by atoms with Crippen molar-refractivity contribution in [3.8, 4) is 5.75 Å². The lowest BCUT2D eigenvalue weighted by Crippen LogP contribution is -1.91. The van der Waals surface area contributed by atoms with Crippen molar-refractivity contribution in [2.45, 2.75) is 0 Å². The third-order valence-corrected chi connectivity index (χ3v) is 3.29. The number of rotatable bonds is 3. The Morgan fingerprint density at radius 2 is 1.83 bits per heavy atom. The molecule has 0 saturated carbocycles. The number of nitrogens with one attached hydrogen (secondary N) is 1. The molecule has 0 radical (unpaired) electrons. The van der Waals surface area contributed by atoms with Crippen LogP contribution in [0.3, 0.4) is 0 Å². The number of hydrogen-bond acceptors (Lipinski definition) is 3. The highest BCUT2D eigenvalue weighted by Gasteiger charge is 2.04. The zero-order valence-corrected chi connectivity index (χ0v) is 12.4. The highest BCUT2D eigenvalue weighted by atomic mass is 79.9. The van der Waals surface area contributed by atoms with Gasteiger partial charge in [0.15, 0.2) is 0 Å². The van der Waals surface area contributed by atoms with Gasteiger partial charge in [-0.05, 0) is 40.2 Å². The van der Waals surface area contributed by atoms with Crippen LogP contribution in [0.25, 0.3) is 0 Å². The van der Waals surface area contributed by atoms with Crippen molar-refractivity contribution in [1.29, 1.82) is 0 Å².